The summed E-state index contributed by atoms with van der Waals surface area (Å²) in [4.78, 5) is 25.9. The van der Waals surface area contributed by atoms with E-state index in [0.717, 1.165) is 15.8 Å². The maximum atomic E-state index is 12.4. The van der Waals surface area contributed by atoms with Gasteiger partial charge in [-0.05, 0) is 48.5 Å². The fraction of sp³-hybridized carbons (Fsp3) is 0.154. The average molecular weight is 494 g/mol. The number of carbonyl (C=O) groups excluding carboxylic acids is 2. The van der Waals surface area contributed by atoms with Crippen LogP contribution in [-0.2, 0) is 11.3 Å². The molecular formula is C26H24ClN3O3S. The molecule has 0 saturated heterocycles. The lowest BCUT2D eigenvalue weighted by Crippen LogP contribution is -2.27. The Morgan fingerprint density at radius 2 is 1.82 bits per heavy atom. The van der Waals surface area contributed by atoms with E-state index in [4.69, 9.17) is 16.3 Å². The topological polar surface area (TPSA) is 72.4 Å². The number of halogens is 1. The minimum absolute atomic E-state index is 0.101. The van der Waals surface area contributed by atoms with Gasteiger partial charge >= 0.3 is 0 Å². The second-order valence-electron chi connectivity index (χ2n) is 7.54. The Morgan fingerprint density at radius 1 is 1.03 bits per heavy atom. The summed E-state index contributed by atoms with van der Waals surface area (Å²) in [5.41, 5.74) is 2.31. The number of ether oxygens (including phenoxy) is 1. The molecule has 3 aromatic carbocycles. The average Bonchev–Trinajstić information content (AvgIpc) is 3.20. The zero-order valence-electron chi connectivity index (χ0n) is 18.6. The predicted molar refractivity (Wildman–Crippen MR) is 138 cm³/mol. The van der Waals surface area contributed by atoms with E-state index in [9.17, 15) is 9.59 Å². The molecule has 1 heterocycles. The third kappa shape index (κ3) is 5.92. The summed E-state index contributed by atoms with van der Waals surface area (Å²) in [7, 11) is 1.59. The number of carbonyl (C=O) groups is 2. The quantitative estimate of drug-likeness (QED) is 0.303. The molecule has 0 unspecified atom stereocenters. The molecular weight excluding hydrogens is 470 g/mol. The Morgan fingerprint density at radius 3 is 2.59 bits per heavy atom. The number of fused-ring (bicyclic) bond motifs is 1. The van der Waals surface area contributed by atoms with Crippen molar-refractivity contribution in [1.29, 1.82) is 0 Å². The number of aromatic nitrogens is 1. The van der Waals surface area contributed by atoms with Gasteiger partial charge in [0, 0.05) is 51.4 Å². The van der Waals surface area contributed by atoms with E-state index in [0.29, 0.717) is 35.1 Å². The molecule has 0 aliphatic carbocycles. The minimum atomic E-state index is -0.133. The SMILES string of the molecule is COc1ccc(C(=O)NCCn2cc(SCC(=O)Nc3cccc(Cl)c3)c3ccccc32)cc1. The smallest absolute Gasteiger partial charge is 0.251 e. The summed E-state index contributed by atoms with van der Waals surface area (Å²) in [6, 6.07) is 22.1. The summed E-state index contributed by atoms with van der Waals surface area (Å²) in [6.07, 6.45) is 2.03. The van der Waals surface area contributed by atoms with Crippen LogP contribution in [0.1, 0.15) is 10.4 Å². The Bertz CT molecular complexity index is 1300. The maximum absolute atomic E-state index is 12.4. The first-order valence-electron chi connectivity index (χ1n) is 10.7. The molecule has 6 nitrogen and oxygen atoms in total. The van der Waals surface area contributed by atoms with Gasteiger partial charge < -0.3 is 19.9 Å². The largest absolute Gasteiger partial charge is 0.497 e. The van der Waals surface area contributed by atoms with Crippen molar-refractivity contribution in [3.8, 4) is 5.75 Å². The molecule has 4 rings (SSSR count). The molecule has 0 spiro atoms. The van der Waals surface area contributed by atoms with Crippen LogP contribution in [0, 0.1) is 0 Å². The van der Waals surface area contributed by atoms with Gasteiger partial charge in [-0.1, -0.05) is 35.9 Å². The summed E-state index contributed by atoms with van der Waals surface area (Å²) in [5, 5.41) is 7.48. The number of thioether (sulfide) groups is 1. The van der Waals surface area contributed by atoms with Gasteiger partial charge in [0.25, 0.3) is 5.91 Å². The van der Waals surface area contributed by atoms with Crippen LogP contribution in [0.25, 0.3) is 10.9 Å². The molecule has 0 fully saturated rings. The second kappa shape index (κ2) is 11.1. The Kier molecular flexibility index (Phi) is 7.77. The van der Waals surface area contributed by atoms with E-state index in [1.54, 1.807) is 55.6 Å². The molecule has 0 saturated carbocycles. The highest BCUT2D eigenvalue weighted by atomic mass is 35.5. The van der Waals surface area contributed by atoms with Crippen molar-refractivity contribution in [3.05, 3.63) is 89.6 Å². The number of nitrogens with zero attached hydrogens (tertiary/aromatic N) is 1. The lowest BCUT2D eigenvalue weighted by Gasteiger charge is -2.08. The van der Waals surface area contributed by atoms with Crippen LogP contribution in [-0.4, -0.2) is 35.8 Å². The molecule has 0 radical (unpaired) electrons. The normalized spacial score (nSPS) is 10.8. The Balaban J connectivity index is 1.37. The van der Waals surface area contributed by atoms with E-state index < -0.39 is 0 Å². The first kappa shape index (κ1) is 23.7. The van der Waals surface area contributed by atoms with Crippen molar-refractivity contribution >= 4 is 51.8 Å². The number of benzene rings is 3. The van der Waals surface area contributed by atoms with Crippen LogP contribution in [0.15, 0.2) is 83.9 Å². The lowest BCUT2D eigenvalue weighted by molar-refractivity contribution is -0.113. The van der Waals surface area contributed by atoms with Crippen molar-refractivity contribution in [2.24, 2.45) is 0 Å². The van der Waals surface area contributed by atoms with E-state index in [1.165, 1.54) is 11.8 Å². The van der Waals surface area contributed by atoms with Crippen molar-refractivity contribution in [3.63, 3.8) is 0 Å². The summed E-state index contributed by atoms with van der Waals surface area (Å²) >= 11 is 7.46. The van der Waals surface area contributed by atoms with Crippen LogP contribution in [0.5, 0.6) is 5.75 Å². The third-order valence-corrected chi connectivity index (χ3v) is 6.49. The van der Waals surface area contributed by atoms with Gasteiger partial charge in [0.15, 0.2) is 0 Å². The van der Waals surface area contributed by atoms with Gasteiger partial charge in [0.05, 0.1) is 12.9 Å². The van der Waals surface area contributed by atoms with Gasteiger partial charge in [-0.25, -0.2) is 0 Å². The van der Waals surface area contributed by atoms with Crippen LogP contribution in [0.4, 0.5) is 5.69 Å². The first-order valence-corrected chi connectivity index (χ1v) is 12.1. The molecule has 4 aromatic rings. The highest BCUT2D eigenvalue weighted by Crippen LogP contribution is 2.30. The summed E-state index contributed by atoms with van der Waals surface area (Å²) < 4.78 is 7.23. The summed E-state index contributed by atoms with van der Waals surface area (Å²) in [5.74, 6) is 0.748. The third-order valence-electron chi connectivity index (χ3n) is 5.21. The van der Waals surface area contributed by atoms with Crippen molar-refractivity contribution in [2.45, 2.75) is 11.4 Å². The number of rotatable bonds is 9. The predicted octanol–water partition coefficient (Wildman–Crippen LogP) is 5.46. The number of nitrogens with one attached hydrogen (secondary N) is 2. The molecule has 0 aliphatic rings. The van der Waals surface area contributed by atoms with Crippen LogP contribution in [0.3, 0.4) is 0 Å². The van der Waals surface area contributed by atoms with Gasteiger partial charge in [-0.2, -0.15) is 0 Å². The zero-order valence-corrected chi connectivity index (χ0v) is 20.2. The van der Waals surface area contributed by atoms with Gasteiger partial charge in [0.2, 0.25) is 5.91 Å². The summed E-state index contributed by atoms with van der Waals surface area (Å²) in [6.45, 7) is 1.08. The van der Waals surface area contributed by atoms with Gasteiger partial charge in [-0.15, -0.1) is 11.8 Å². The van der Waals surface area contributed by atoms with Crippen molar-refractivity contribution < 1.29 is 14.3 Å². The monoisotopic (exact) mass is 493 g/mol. The molecule has 0 bridgehead atoms. The molecule has 34 heavy (non-hydrogen) atoms. The maximum Gasteiger partial charge on any atom is 0.251 e. The molecule has 1 aromatic heterocycles. The number of anilines is 1. The fourth-order valence-electron chi connectivity index (χ4n) is 3.55. The van der Waals surface area contributed by atoms with Crippen LogP contribution in [0.2, 0.25) is 5.02 Å². The van der Waals surface area contributed by atoms with E-state index in [2.05, 4.69) is 15.2 Å². The highest BCUT2D eigenvalue weighted by Gasteiger charge is 2.12. The number of methoxy groups -OCH3 is 1. The Hall–Kier alpha value is -3.42. The zero-order chi connectivity index (χ0) is 23.9. The van der Waals surface area contributed by atoms with Gasteiger partial charge in [-0.3, -0.25) is 9.59 Å². The molecule has 2 N–H and O–H groups in total. The van der Waals surface area contributed by atoms with E-state index in [1.807, 2.05) is 30.5 Å². The lowest BCUT2D eigenvalue weighted by atomic mass is 10.2. The number of hydrogen-bond donors (Lipinski definition) is 2. The van der Waals surface area contributed by atoms with E-state index >= 15 is 0 Å². The highest BCUT2D eigenvalue weighted by molar-refractivity contribution is 8.00. The molecule has 0 atom stereocenters. The number of hydrogen-bond acceptors (Lipinski definition) is 4. The van der Waals surface area contributed by atoms with E-state index in [-0.39, 0.29) is 17.6 Å². The molecule has 0 aliphatic heterocycles. The first-order chi connectivity index (χ1) is 16.5. The fourth-order valence-corrected chi connectivity index (χ4v) is 4.63. The van der Waals surface area contributed by atoms with Crippen LogP contribution >= 0.6 is 23.4 Å². The van der Waals surface area contributed by atoms with Crippen molar-refractivity contribution in [2.75, 3.05) is 24.7 Å². The standard InChI is InChI=1S/C26H24ClN3O3S/c1-33-21-11-9-18(10-12-21)26(32)28-13-14-30-16-24(22-7-2-3-8-23(22)30)34-17-25(31)29-20-6-4-5-19(27)15-20/h2-12,15-16H,13-14,17H2,1H3,(H,28,32)(H,29,31). The van der Waals surface area contributed by atoms with Crippen LogP contribution < -0.4 is 15.4 Å². The Labute approximate surface area is 207 Å². The minimum Gasteiger partial charge on any atom is -0.497 e. The second-order valence-corrected chi connectivity index (χ2v) is 8.99. The number of amides is 2. The molecule has 8 heteroatoms. The molecule has 174 valence electrons. The molecule has 2 amide bonds. The van der Waals surface area contributed by atoms with Gasteiger partial charge in [0.1, 0.15) is 5.75 Å². The number of para-hydroxylation sites is 1. The van der Waals surface area contributed by atoms with Crippen molar-refractivity contribution in [1.82, 2.24) is 9.88 Å².